The molecule has 1 fully saturated rings. The molecule has 1 atom stereocenters. The van der Waals surface area contributed by atoms with Crippen molar-refractivity contribution in [2.24, 2.45) is 5.10 Å². The van der Waals surface area contributed by atoms with Gasteiger partial charge in [-0.25, -0.2) is 13.8 Å². The predicted octanol–water partition coefficient (Wildman–Crippen LogP) is 3.80. The van der Waals surface area contributed by atoms with Crippen LogP contribution in [-0.2, 0) is 14.8 Å². The first-order chi connectivity index (χ1) is 14.5. The maximum absolute atomic E-state index is 13.0. The molecule has 0 aliphatic carbocycles. The molecule has 1 N–H and O–H groups in total. The molecular weight excluding hydrogens is 422 g/mol. The maximum atomic E-state index is 13.0. The Bertz CT molecular complexity index is 1200. The quantitative estimate of drug-likeness (QED) is 0.483. The number of nitrogens with one attached hydrogen (secondary N) is 1. The van der Waals surface area contributed by atoms with Crippen LogP contribution in [-0.4, -0.2) is 37.4 Å². The Morgan fingerprint density at radius 1 is 1.07 bits per heavy atom. The van der Waals surface area contributed by atoms with E-state index in [4.69, 9.17) is 11.6 Å². The van der Waals surface area contributed by atoms with Crippen LogP contribution in [0.1, 0.15) is 18.4 Å². The molecule has 0 bridgehead atoms. The average molecular weight is 442 g/mol. The van der Waals surface area contributed by atoms with Crippen molar-refractivity contribution in [1.29, 1.82) is 0 Å². The molecule has 3 aromatic rings. The Balaban J connectivity index is 1.50. The van der Waals surface area contributed by atoms with Crippen molar-refractivity contribution >= 4 is 44.5 Å². The number of nitrogens with zero attached hydrogens (tertiary/aromatic N) is 2. The second-order valence-corrected chi connectivity index (χ2v) is 9.36. The smallest absolute Gasteiger partial charge is 0.258 e. The number of hydrazone groups is 1. The van der Waals surface area contributed by atoms with Crippen LogP contribution in [0.2, 0.25) is 5.02 Å². The Hall–Kier alpha value is -2.74. The van der Waals surface area contributed by atoms with E-state index in [0.29, 0.717) is 17.9 Å². The van der Waals surface area contributed by atoms with Gasteiger partial charge in [0.1, 0.15) is 6.04 Å². The molecule has 6 nitrogen and oxygen atoms in total. The zero-order valence-electron chi connectivity index (χ0n) is 16.0. The van der Waals surface area contributed by atoms with Crippen LogP contribution < -0.4 is 5.43 Å². The van der Waals surface area contributed by atoms with Gasteiger partial charge in [-0.15, -0.1) is 0 Å². The highest BCUT2D eigenvalue weighted by atomic mass is 35.5. The van der Waals surface area contributed by atoms with E-state index in [0.717, 1.165) is 16.3 Å². The molecule has 0 unspecified atom stereocenters. The van der Waals surface area contributed by atoms with Crippen LogP contribution in [0, 0.1) is 0 Å². The number of fused-ring (bicyclic) bond motifs is 1. The van der Waals surface area contributed by atoms with Crippen LogP contribution in [0.4, 0.5) is 0 Å². The van der Waals surface area contributed by atoms with Crippen molar-refractivity contribution in [2.75, 3.05) is 6.54 Å². The minimum Gasteiger partial charge on any atom is -0.271 e. The Kier molecular flexibility index (Phi) is 5.85. The lowest BCUT2D eigenvalue weighted by molar-refractivity contribution is -0.124. The summed E-state index contributed by atoms with van der Waals surface area (Å²) in [5.74, 6) is -0.443. The number of carbonyl (C=O) groups is 1. The van der Waals surface area contributed by atoms with Gasteiger partial charge in [0.2, 0.25) is 10.0 Å². The fraction of sp³-hybridized carbons (Fsp3) is 0.182. The molecule has 1 heterocycles. The number of benzene rings is 3. The van der Waals surface area contributed by atoms with Crippen LogP contribution in [0.15, 0.2) is 76.7 Å². The van der Waals surface area contributed by atoms with Gasteiger partial charge in [0.15, 0.2) is 0 Å². The SMILES string of the molecule is O=C(N/N=C\c1cccc2ccccc12)[C@@H]1CCCN1S(=O)(=O)c1ccc(Cl)cc1. The summed E-state index contributed by atoms with van der Waals surface area (Å²) in [6, 6.07) is 18.9. The lowest BCUT2D eigenvalue weighted by Gasteiger charge is -2.22. The standard InChI is InChI=1S/C22H20ClN3O3S/c23-18-10-12-19(13-11-18)30(28,29)26-14-4-9-21(26)22(27)25-24-15-17-7-3-6-16-5-1-2-8-20(16)17/h1-3,5-8,10-13,15,21H,4,9,14H2,(H,25,27)/b24-15-/t21-/m0/s1. The van der Waals surface area contributed by atoms with Gasteiger partial charge in [0, 0.05) is 17.1 Å². The molecular formula is C22H20ClN3O3S. The molecule has 1 aliphatic rings. The average Bonchev–Trinajstić information content (AvgIpc) is 3.25. The third kappa shape index (κ3) is 4.09. The van der Waals surface area contributed by atoms with Crippen LogP contribution >= 0.6 is 11.6 Å². The number of halogens is 1. The normalized spacial score (nSPS) is 17.6. The molecule has 1 amide bonds. The molecule has 8 heteroatoms. The lowest BCUT2D eigenvalue weighted by atomic mass is 10.1. The fourth-order valence-electron chi connectivity index (χ4n) is 3.63. The van der Waals surface area contributed by atoms with Gasteiger partial charge in [-0.2, -0.15) is 9.41 Å². The first-order valence-corrected chi connectivity index (χ1v) is 11.4. The van der Waals surface area contributed by atoms with Crippen molar-refractivity contribution in [3.05, 3.63) is 77.3 Å². The summed E-state index contributed by atoms with van der Waals surface area (Å²) in [7, 11) is -3.79. The number of amides is 1. The molecule has 0 saturated carbocycles. The van der Waals surface area contributed by atoms with Crippen molar-refractivity contribution in [3.8, 4) is 0 Å². The number of carbonyl (C=O) groups excluding carboxylic acids is 1. The van der Waals surface area contributed by atoms with Gasteiger partial charge in [-0.1, -0.05) is 54.1 Å². The summed E-state index contributed by atoms with van der Waals surface area (Å²) in [6.45, 7) is 0.288. The van der Waals surface area contributed by atoms with E-state index in [9.17, 15) is 13.2 Å². The molecule has 0 spiro atoms. The summed E-state index contributed by atoms with van der Waals surface area (Å²) >= 11 is 5.86. The van der Waals surface area contributed by atoms with Gasteiger partial charge in [-0.3, -0.25) is 4.79 Å². The summed E-state index contributed by atoms with van der Waals surface area (Å²) in [5, 5.41) is 6.62. The van der Waals surface area contributed by atoms with E-state index < -0.39 is 22.0 Å². The highest BCUT2D eigenvalue weighted by Crippen LogP contribution is 2.27. The summed E-state index contributed by atoms with van der Waals surface area (Å²) in [6.07, 6.45) is 2.63. The zero-order valence-corrected chi connectivity index (χ0v) is 17.6. The van der Waals surface area contributed by atoms with E-state index in [2.05, 4.69) is 10.5 Å². The van der Waals surface area contributed by atoms with Gasteiger partial charge >= 0.3 is 0 Å². The molecule has 30 heavy (non-hydrogen) atoms. The third-order valence-corrected chi connectivity index (χ3v) is 7.30. The maximum Gasteiger partial charge on any atom is 0.258 e. The van der Waals surface area contributed by atoms with Crippen molar-refractivity contribution in [2.45, 2.75) is 23.8 Å². The van der Waals surface area contributed by atoms with Crippen molar-refractivity contribution in [1.82, 2.24) is 9.73 Å². The van der Waals surface area contributed by atoms with E-state index in [1.165, 1.54) is 28.6 Å². The van der Waals surface area contributed by atoms with Gasteiger partial charge in [0.25, 0.3) is 5.91 Å². The van der Waals surface area contributed by atoms with E-state index >= 15 is 0 Å². The Morgan fingerprint density at radius 2 is 1.80 bits per heavy atom. The Labute approximate surface area is 180 Å². The molecule has 0 aromatic heterocycles. The van der Waals surface area contributed by atoms with E-state index in [1.807, 2.05) is 42.5 Å². The number of hydrogen-bond acceptors (Lipinski definition) is 4. The topological polar surface area (TPSA) is 78.8 Å². The minimum absolute atomic E-state index is 0.117. The first kappa shape index (κ1) is 20.5. The largest absolute Gasteiger partial charge is 0.271 e. The number of hydrogen-bond donors (Lipinski definition) is 1. The summed E-state index contributed by atoms with van der Waals surface area (Å²) in [5.41, 5.74) is 3.37. The minimum atomic E-state index is -3.79. The van der Waals surface area contributed by atoms with Gasteiger partial charge in [0.05, 0.1) is 11.1 Å². The van der Waals surface area contributed by atoms with Gasteiger partial charge < -0.3 is 0 Å². The second kappa shape index (κ2) is 8.55. The zero-order chi connectivity index (χ0) is 21.1. The fourth-order valence-corrected chi connectivity index (χ4v) is 5.42. The first-order valence-electron chi connectivity index (χ1n) is 9.55. The second-order valence-electron chi connectivity index (χ2n) is 7.03. The van der Waals surface area contributed by atoms with Crippen molar-refractivity contribution in [3.63, 3.8) is 0 Å². The molecule has 1 saturated heterocycles. The van der Waals surface area contributed by atoms with E-state index in [1.54, 1.807) is 6.21 Å². The van der Waals surface area contributed by atoms with Crippen LogP contribution in [0.5, 0.6) is 0 Å². The molecule has 3 aromatic carbocycles. The summed E-state index contributed by atoms with van der Waals surface area (Å²) in [4.78, 5) is 12.8. The number of sulfonamides is 1. The molecule has 4 rings (SSSR count). The van der Waals surface area contributed by atoms with Crippen LogP contribution in [0.3, 0.4) is 0 Å². The predicted molar refractivity (Wildman–Crippen MR) is 118 cm³/mol. The Morgan fingerprint density at radius 3 is 2.60 bits per heavy atom. The van der Waals surface area contributed by atoms with Crippen LogP contribution in [0.25, 0.3) is 10.8 Å². The molecule has 154 valence electrons. The monoisotopic (exact) mass is 441 g/mol. The van der Waals surface area contributed by atoms with Crippen molar-refractivity contribution < 1.29 is 13.2 Å². The van der Waals surface area contributed by atoms with E-state index in [-0.39, 0.29) is 11.4 Å². The molecule has 0 radical (unpaired) electrons. The third-order valence-electron chi connectivity index (χ3n) is 5.13. The number of rotatable bonds is 5. The summed E-state index contributed by atoms with van der Waals surface area (Å²) < 4.78 is 27.2. The highest BCUT2D eigenvalue weighted by Gasteiger charge is 2.39. The lowest BCUT2D eigenvalue weighted by Crippen LogP contribution is -2.44. The molecule has 1 aliphatic heterocycles. The van der Waals surface area contributed by atoms with Gasteiger partial charge in [-0.05, 0) is 47.9 Å². The highest BCUT2D eigenvalue weighted by molar-refractivity contribution is 7.89.